The minimum Gasteiger partial charge on any atom is -0.490 e. The molecule has 0 bridgehead atoms. The van der Waals surface area contributed by atoms with E-state index in [0.717, 1.165) is 12.8 Å². The fraction of sp³-hybridized carbons (Fsp3) is 0.679. The molecule has 7 heteroatoms. The van der Waals surface area contributed by atoms with Crippen LogP contribution in [0.1, 0.15) is 111 Å². The average molecular weight is 492 g/mol. The van der Waals surface area contributed by atoms with E-state index < -0.39 is 24.1 Å². The smallest absolute Gasteiger partial charge is 0.308 e. The van der Waals surface area contributed by atoms with E-state index in [-0.39, 0.29) is 17.6 Å². The van der Waals surface area contributed by atoms with Gasteiger partial charge in [0.2, 0.25) is 5.91 Å². The van der Waals surface area contributed by atoms with Gasteiger partial charge in [-0.2, -0.15) is 0 Å². The summed E-state index contributed by atoms with van der Waals surface area (Å²) in [5.74, 6) is -0.458. The summed E-state index contributed by atoms with van der Waals surface area (Å²) in [6.45, 7) is 10.7. The molecular weight excluding hydrogens is 446 g/mol. The van der Waals surface area contributed by atoms with Gasteiger partial charge in [-0.25, -0.2) is 0 Å². The highest BCUT2D eigenvalue weighted by atomic mass is 16.6. The number of rotatable bonds is 17. The molecule has 0 radical (unpaired) electrons. The van der Waals surface area contributed by atoms with Crippen LogP contribution < -0.4 is 14.8 Å². The number of hydrogen-bond donors (Lipinski definition) is 1. The Morgan fingerprint density at radius 2 is 1.43 bits per heavy atom. The Labute approximate surface area is 211 Å². The number of ether oxygens (including phenoxy) is 3. The summed E-state index contributed by atoms with van der Waals surface area (Å²) in [6, 6.07) is 4.61. The van der Waals surface area contributed by atoms with Crippen LogP contribution in [0.5, 0.6) is 11.5 Å². The van der Waals surface area contributed by atoms with Crippen LogP contribution in [0.15, 0.2) is 18.2 Å². The summed E-state index contributed by atoms with van der Waals surface area (Å²) in [7, 11) is 0. The quantitative estimate of drug-likeness (QED) is 0.156. The Morgan fingerprint density at radius 3 is 1.94 bits per heavy atom. The maximum absolute atomic E-state index is 11.9. The molecule has 2 atom stereocenters. The average Bonchev–Trinajstić information content (AvgIpc) is 2.77. The molecule has 7 nitrogen and oxygen atoms in total. The summed E-state index contributed by atoms with van der Waals surface area (Å²) >= 11 is 0. The molecule has 0 aromatic heterocycles. The Morgan fingerprint density at radius 1 is 0.829 bits per heavy atom. The van der Waals surface area contributed by atoms with E-state index in [9.17, 15) is 14.4 Å². The van der Waals surface area contributed by atoms with Gasteiger partial charge in [0, 0.05) is 20.8 Å². The molecule has 1 aromatic rings. The molecule has 0 aliphatic rings. The first-order chi connectivity index (χ1) is 16.6. The zero-order valence-electron chi connectivity index (χ0n) is 22.5. The number of amides is 1. The molecule has 1 rings (SSSR count). The zero-order valence-corrected chi connectivity index (χ0v) is 22.5. The second-order valence-electron chi connectivity index (χ2n) is 9.47. The standard InChI is InChI=1S/C28H45NO6/c1-7-8-9-10-11-12-13-14-15-18-33-25-17-16-24(19-26(25)34-22(5)31)27(29-21(4)30)28(20(2)3)35-23(6)32/h16-17,19-20,27-28H,7-15,18H2,1-6H3,(H,29,30). The lowest BCUT2D eigenvalue weighted by Crippen LogP contribution is -2.40. The second-order valence-corrected chi connectivity index (χ2v) is 9.47. The Bertz CT molecular complexity index is 792. The van der Waals surface area contributed by atoms with E-state index in [1.54, 1.807) is 18.2 Å². The molecule has 1 amide bonds. The number of carbonyl (C=O) groups excluding carboxylic acids is 3. The molecule has 35 heavy (non-hydrogen) atoms. The third-order valence-electron chi connectivity index (χ3n) is 5.73. The summed E-state index contributed by atoms with van der Waals surface area (Å²) in [6.07, 6.45) is 10.4. The molecule has 1 N–H and O–H groups in total. The van der Waals surface area contributed by atoms with Crippen molar-refractivity contribution >= 4 is 17.8 Å². The Hall–Kier alpha value is -2.57. The molecule has 0 aliphatic carbocycles. The van der Waals surface area contributed by atoms with Gasteiger partial charge in [0.25, 0.3) is 0 Å². The first kappa shape index (κ1) is 30.5. The normalized spacial score (nSPS) is 12.7. The minimum absolute atomic E-state index is 0.0597. The van der Waals surface area contributed by atoms with E-state index in [1.165, 1.54) is 65.7 Å². The van der Waals surface area contributed by atoms with Crippen molar-refractivity contribution in [1.29, 1.82) is 0 Å². The summed E-state index contributed by atoms with van der Waals surface area (Å²) in [5, 5.41) is 2.87. The van der Waals surface area contributed by atoms with E-state index in [1.807, 2.05) is 13.8 Å². The van der Waals surface area contributed by atoms with Crippen molar-refractivity contribution < 1.29 is 28.6 Å². The van der Waals surface area contributed by atoms with Crippen molar-refractivity contribution in [2.45, 2.75) is 111 Å². The summed E-state index contributed by atoms with van der Waals surface area (Å²) in [5.41, 5.74) is 0.659. The van der Waals surface area contributed by atoms with Gasteiger partial charge in [0.05, 0.1) is 12.6 Å². The molecule has 0 fully saturated rings. The number of carbonyl (C=O) groups is 3. The maximum Gasteiger partial charge on any atom is 0.308 e. The van der Waals surface area contributed by atoms with Crippen molar-refractivity contribution in [3.63, 3.8) is 0 Å². The molecule has 0 saturated carbocycles. The van der Waals surface area contributed by atoms with E-state index in [2.05, 4.69) is 12.2 Å². The van der Waals surface area contributed by atoms with Gasteiger partial charge in [0.1, 0.15) is 6.10 Å². The number of nitrogens with one attached hydrogen (secondary N) is 1. The van der Waals surface area contributed by atoms with Crippen LogP contribution in [-0.2, 0) is 19.1 Å². The van der Waals surface area contributed by atoms with Gasteiger partial charge < -0.3 is 19.5 Å². The molecule has 0 spiro atoms. The molecule has 0 heterocycles. The van der Waals surface area contributed by atoms with Crippen molar-refractivity contribution in [2.75, 3.05) is 6.61 Å². The van der Waals surface area contributed by atoms with Gasteiger partial charge in [-0.15, -0.1) is 0 Å². The molecule has 2 unspecified atom stereocenters. The van der Waals surface area contributed by atoms with Gasteiger partial charge in [-0.1, -0.05) is 78.2 Å². The van der Waals surface area contributed by atoms with Crippen LogP contribution in [0.25, 0.3) is 0 Å². The molecule has 0 aliphatic heterocycles. The number of unbranched alkanes of at least 4 members (excludes halogenated alkanes) is 8. The van der Waals surface area contributed by atoms with Gasteiger partial charge >= 0.3 is 11.9 Å². The maximum atomic E-state index is 11.9. The fourth-order valence-corrected chi connectivity index (χ4v) is 4.02. The lowest BCUT2D eigenvalue weighted by Gasteiger charge is -2.30. The first-order valence-corrected chi connectivity index (χ1v) is 13.0. The topological polar surface area (TPSA) is 90.9 Å². The third kappa shape index (κ3) is 12.6. The predicted molar refractivity (Wildman–Crippen MR) is 137 cm³/mol. The summed E-state index contributed by atoms with van der Waals surface area (Å²) < 4.78 is 16.9. The zero-order chi connectivity index (χ0) is 26.2. The van der Waals surface area contributed by atoms with E-state index in [4.69, 9.17) is 14.2 Å². The monoisotopic (exact) mass is 491 g/mol. The van der Waals surface area contributed by atoms with Crippen molar-refractivity contribution in [2.24, 2.45) is 5.92 Å². The number of hydrogen-bond acceptors (Lipinski definition) is 6. The Kier molecular flexibility index (Phi) is 14.8. The first-order valence-electron chi connectivity index (χ1n) is 13.0. The molecule has 1 aromatic carbocycles. The van der Waals surface area contributed by atoms with Gasteiger partial charge in [0.15, 0.2) is 11.5 Å². The van der Waals surface area contributed by atoms with Crippen LogP contribution in [-0.4, -0.2) is 30.6 Å². The molecule has 0 saturated heterocycles. The predicted octanol–water partition coefficient (Wildman–Crippen LogP) is 6.29. The number of esters is 2. The highest BCUT2D eigenvalue weighted by Crippen LogP contribution is 2.34. The van der Waals surface area contributed by atoms with Crippen LogP contribution in [0.4, 0.5) is 0 Å². The van der Waals surface area contributed by atoms with Crippen LogP contribution in [0.2, 0.25) is 0 Å². The fourth-order valence-electron chi connectivity index (χ4n) is 4.02. The van der Waals surface area contributed by atoms with E-state index in [0.29, 0.717) is 17.9 Å². The number of benzene rings is 1. The largest absolute Gasteiger partial charge is 0.490 e. The van der Waals surface area contributed by atoms with Crippen LogP contribution in [0.3, 0.4) is 0 Å². The summed E-state index contributed by atoms with van der Waals surface area (Å²) in [4.78, 5) is 35.4. The third-order valence-corrected chi connectivity index (χ3v) is 5.73. The van der Waals surface area contributed by atoms with Gasteiger partial charge in [-0.05, 0) is 30.0 Å². The van der Waals surface area contributed by atoms with Gasteiger partial charge in [-0.3, -0.25) is 14.4 Å². The highest BCUT2D eigenvalue weighted by Gasteiger charge is 2.30. The lowest BCUT2D eigenvalue weighted by atomic mass is 9.93. The van der Waals surface area contributed by atoms with Crippen LogP contribution >= 0.6 is 0 Å². The second kappa shape index (κ2) is 17.0. The van der Waals surface area contributed by atoms with E-state index >= 15 is 0 Å². The lowest BCUT2D eigenvalue weighted by molar-refractivity contribution is -0.151. The SMILES string of the molecule is CCCCCCCCCCCOc1ccc(C(NC(C)=O)C(OC(C)=O)C(C)C)cc1OC(C)=O. The van der Waals surface area contributed by atoms with Crippen LogP contribution in [0, 0.1) is 5.92 Å². The Balaban J connectivity index is 2.86. The van der Waals surface area contributed by atoms with Crippen molar-refractivity contribution in [1.82, 2.24) is 5.32 Å². The molecule has 198 valence electrons. The van der Waals surface area contributed by atoms with Crippen molar-refractivity contribution in [3.8, 4) is 11.5 Å². The molecular formula is C28H45NO6. The minimum atomic E-state index is -0.600. The van der Waals surface area contributed by atoms with Crippen molar-refractivity contribution in [3.05, 3.63) is 23.8 Å². The highest BCUT2D eigenvalue weighted by molar-refractivity contribution is 5.74.